The van der Waals surface area contributed by atoms with Crippen LogP contribution in [0.5, 0.6) is 0 Å². The van der Waals surface area contributed by atoms with E-state index in [1.165, 1.54) is 19.3 Å². The molecule has 0 radical (unpaired) electrons. The van der Waals surface area contributed by atoms with Crippen LogP contribution in [0.15, 0.2) is 36.0 Å². The molecule has 2 aromatic rings. The molecule has 1 saturated heterocycles. The molecular weight excluding hydrogens is 308 g/mol. The zero-order chi connectivity index (χ0) is 15.8. The Hall–Kier alpha value is -2.27. The fourth-order valence-corrected chi connectivity index (χ4v) is 4.03. The second kappa shape index (κ2) is 5.74. The molecule has 0 unspecified atom stereocenters. The smallest absolute Gasteiger partial charge is 0.197 e. The van der Waals surface area contributed by atoms with Crippen molar-refractivity contribution in [2.24, 2.45) is 0 Å². The van der Waals surface area contributed by atoms with E-state index in [-0.39, 0.29) is 17.1 Å². The highest BCUT2D eigenvalue weighted by Gasteiger charge is 2.32. The number of fused-ring (bicyclic) bond motifs is 1. The van der Waals surface area contributed by atoms with Crippen molar-refractivity contribution < 1.29 is 9.59 Å². The zero-order valence-electron chi connectivity index (χ0n) is 12.6. The first kappa shape index (κ1) is 14.3. The van der Waals surface area contributed by atoms with E-state index in [9.17, 15) is 9.59 Å². The molecule has 1 aliphatic carbocycles. The van der Waals surface area contributed by atoms with Crippen LogP contribution >= 0.6 is 11.3 Å². The van der Waals surface area contributed by atoms with E-state index in [0.29, 0.717) is 11.1 Å². The van der Waals surface area contributed by atoms with Crippen molar-refractivity contribution in [1.29, 1.82) is 0 Å². The van der Waals surface area contributed by atoms with Gasteiger partial charge in [0.05, 0.1) is 5.57 Å². The van der Waals surface area contributed by atoms with Gasteiger partial charge in [-0.1, -0.05) is 35.6 Å². The number of benzene rings is 1. The number of rotatable bonds is 2. The Morgan fingerprint density at radius 3 is 2.30 bits per heavy atom. The van der Waals surface area contributed by atoms with Gasteiger partial charge in [-0.25, -0.2) is 4.98 Å². The minimum absolute atomic E-state index is 0.182. The van der Waals surface area contributed by atoms with Gasteiger partial charge in [0.25, 0.3) is 0 Å². The maximum absolute atomic E-state index is 12.4. The average Bonchev–Trinajstić information content (AvgIpc) is 3.16. The predicted octanol–water partition coefficient (Wildman–Crippen LogP) is 3.60. The van der Waals surface area contributed by atoms with Gasteiger partial charge in [0, 0.05) is 35.3 Å². The van der Waals surface area contributed by atoms with Gasteiger partial charge in [-0.05, 0) is 25.3 Å². The summed E-state index contributed by atoms with van der Waals surface area (Å²) in [6, 6.07) is 6.99. The maximum atomic E-state index is 12.4. The number of anilines is 1. The molecule has 0 spiro atoms. The summed E-state index contributed by atoms with van der Waals surface area (Å²) in [5, 5.41) is 0.979. The number of allylic oxidation sites excluding steroid dienone is 1. The zero-order valence-corrected chi connectivity index (χ0v) is 13.4. The van der Waals surface area contributed by atoms with E-state index in [1.54, 1.807) is 47.9 Å². The van der Waals surface area contributed by atoms with Crippen molar-refractivity contribution in [2.75, 3.05) is 18.0 Å². The Morgan fingerprint density at radius 1 is 1.00 bits per heavy atom. The van der Waals surface area contributed by atoms with Gasteiger partial charge in [-0.3, -0.25) is 9.59 Å². The van der Waals surface area contributed by atoms with E-state index in [2.05, 4.69) is 9.88 Å². The number of nitrogens with zero attached hydrogens (tertiary/aromatic N) is 2. The van der Waals surface area contributed by atoms with Crippen LogP contribution in [0.1, 0.15) is 44.9 Å². The Balaban J connectivity index is 1.63. The number of hydrogen-bond acceptors (Lipinski definition) is 5. The van der Waals surface area contributed by atoms with E-state index >= 15 is 0 Å². The minimum atomic E-state index is -0.182. The van der Waals surface area contributed by atoms with Gasteiger partial charge in [0.1, 0.15) is 0 Å². The Morgan fingerprint density at radius 2 is 1.65 bits per heavy atom. The normalized spacial score (nSPS) is 17.6. The van der Waals surface area contributed by atoms with Crippen molar-refractivity contribution in [3.8, 4) is 0 Å². The number of thiazole rings is 1. The van der Waals surface area contributed by atoms with E-state index in [0.717, 1.165) is 23.1 Å². The molecule has 1 aromatic heterocycles. The number of aromatic nitrogens is 1. The topological polar surface area (TPSA) is 50.3 Å². The van der Waals surface area contributed by atoms with Crippen molar-refractivity contribution in [1.82, 2.24) is 4.98 Å². The summed E-state index contributed by atoms with van der Waals surface area (Å²) in [5.41, 5.74) is 1.26. The van der Waals surface area contributed by atoms with Crippen LogP contribution in [-0.2, 0) is 0 Å². The van der Waals surface area contributed by atoms with Crippen LogP contribution in [0.3, 0.4) is 0 Å². The molecule has 0 amide bonds. The summed E-state index contributed by atoms with van der Waals surface area (Å²) in [6.45, 7) is 2.07. The quantitative estimate of drug-likeness (QED) is 0.626. The fourth-order valence-electron chi connectivity index (χ4n) is 3.12. The van der Waals surface area contributed by atoms with Crippen molar-refractivity contribution in [3.05, 3.63) is 52.0 Å². The first-order valence-electron chi connectivity index (χ1n) is 7.85. The second-order valence-corrected chi connectivity index (χ2v) is 6.90. The van der Waals surface area contributed by atoms with Crippen molar-refractivity contribution in [2.45, 2.75) is 19.3 Å². The lowest BCUT2D eigenvalue weighted by atomic mass is 10.1. The summed E-state index contributed by atoms with van der Waals surface area (Å²) < 4.78 is 0. The number of ketones is 2. The van der Waals surface area contributed by atoms with Crippen LogP contribution < -0.4 is 4.90 Å². The van der Waals surface area contributed by atoms with Crippen molar-refractivity contribution >= 4 is 34.1 Å². The monoisotopic (exact) mass is 324 g/mol. The molecule has 23 heavy (non-hydrogen) atoms. The lowest BCUT2D eigenvalue weighted by Gasteiger charge is -2.25. The van der Waals surface area contributed by atoms with Crippen LogP contribution in [0.25, 0.3) is 6.08 Å². The molecule has 0 N–H and O–H groups in total. The van der Waals surface area contributed by atoms with Gasteiger partial charge in [0.2, 0.25) is 0 Å². The molecule has 1 aliphatic heterocycles. The third kappa shape index (κ3) is 2.51. The van der Waals surface area contributed by atoms with Crippen LogP contribution in [0.4, 0.5) is 5.13 Å². The third-order valence-corrected chi connectivity index (χ3v) is 5.34. The molecule has 116 valence electrons. The number of carbonyl (C=O) groups excluding carboxylic acids is 2. The largest absolute Gasteiger partial charge is 0.348 e. The minimum Gasteiger partial charge on any atom is -0.348 e. The third-order valence-electron chi connectivity index (χ3n) is 4.33. The number of piperidine rings is 1. The SMILES string of the molecule is O=C1C(=Cc2cnc(N3CCCCC3)s2)C(=O)c2ccccc21. The van der Waals surface area contributed by atoms with Crippen LogP contribution in [-0.4, -0.2) is 29.6 Å². The van der Waals surface area contributed by atoms with Crippen LogP contribution in [0, 0.1) is 0 Å². The lowest BCUT2D eigenvalue weighted by Crippen LogP contribution is -2.29. The first-order valence-corrected chi connectivity index (χ1v) is 8.66. The number of carbonyl (C=O) groups is 2. The Labute approximate surface area is 138 Å². The molecular formula is C18H16N2O2S. The van der Waals surface area contributed by atoms with E-state index in [4.69, 9.17) is 0 Å². The molecule has 2 aliphatic rings. The van der Waals surface area contributed by atoms with Gasteiger partial charge in [-0.15, -0.1) is 0 Å². The summed E-state index contributed by atoms with van der Waals surface area (Å²) >= 11 is 1.54. The Kier molecular flexibility index (Phi) is 3.58. The van der Waals surface area contributed by atoms with Crippen molar-refractivity contribution in [3.63, 3.8) is 0 Å². The molecule has 0 saturated carbocycles. The van der Waals surface area contributed by atoms with Gasteiger partial charge >= 0.3 is 0 Å². The van der Waals surface area contributed by atoms with Gasteiger partial charge < -0.3 is 4.90 Å². The molecule has 1 fully saturated rings. The van der Waals surface area contributed by atoms with E-state index in [1.807, 2.05) is 0 Å². The molecule has 0 atom stereocenters. The highest BCUT2D eigenvalue weighted by Crippen LogP contribution is 2.31. The summed E-state index contributed by atoms with van der Waals surface area (Å²) in [7, 11) is 0. The molecule has 0 bridgehead atoms. The number of Topliss-reactive ketones (excluding diaryl/α,β-unsaturated/α-hetero) is 2. The molecule has 4 nitrogen and oxygen atoms in total. The maximum Gasteiger partial charge on any atom is 0.197 e. The summed E-state index contributed by atoms with van der Waals surface area (Å²) in [6.07, 6.45) is 7.12. The van der Waals surface area contributed by atoms with Crippen LogP contribution in [0.2, 0.25) is 0 Å². The lowest BCUT2D eigenvalue weighted by molar-refractivity contribution is 0.0990. The summed E-state index contributed by atoms with van der Waals surface area (Å²) in [4.78, 5) is 32.4. The molecule has 2 heterocycles. The highest BCUT2D eigenvalue weighted by atomic mass is 32.1. The predicted molar refractivity (Wildman–Crippen MR) is 91.3 cm³/mol. The molecule has 5 heteroatoms. The molecule has 1 aromatic carbocycles. The van der Waals surface area contributed by atoms with E-state index < -0.39 is 0 Å². The molecule has 4 rings (SSSR count). The Bertz CT molecular complexity index is 779. The number of hydrogen-bond donors (Lipinski definition) is 0. The first-order chi connectivity index (χ1) is 11.2. The second-order valence-electron chi connectivity index (χ2n) is 5.85. The average molecular weight is 324 g/mol. The standard InChI is InChI=1S/C18H16N2O2S/c21-16-13-6-2-3-7-14(13)17(22)15(16)10-12-11-19-18(23-12)20-8-4-1-5-9-20/h2-3,6-7,10-11H,1,4-5,8-9H2. The highest BCUT2D eigenvalue weighted by molar-refractivity contribution is 7.16. The summed E-state index contributed by atoms with van der Waals surface area (Å²) in [5.74, 6) is -0.364. The van der Waals surface area contributed by atoms with Gasteiger partial charge in [0.15, 0.2) is 16.7 Å². The van der Waals surface area contributed by atoms with Gasteiger partial charge in [-0.2, -0.15) is 0 Å². The fraction of sp³-hybridized carbons (Fsp3) is 0.278.